The summed E-state index contributed by atoms with van der Waals surface area (Å²) in [5, 5.41) is 12.7. The van der Waals surface area contributed by atoms with E-state index in [0.717, 1.165) is 18.4 Å². The highest BCUT2D eigenvalue weighted by atomic mass is 16.4. The van der Waals surface area contributed by atoms with E-state index in [0.29, 0.717) is 12.1 Å². The number of aromatic carboxylic acids is 1. The van der Waals surface area contributed by atoms with E-state index in [1.54, 1.807) is 18.2 Å². The number of carbonyl (C=O) groups is 1. The van der Waals surface area contributed by atoms with Crippen molar-refractivity contribution in [2.75, 3.05) is 0 Å². The maximum Gasteiger partial charge on any atom is 0.335 e. The van der Waals surface area contributed by atoms with Gasteiger partial charge < -0.3 is 10.4 Å². The quantitative estimate of drug-likeness (QED) is 0.903. The molecule has 22 heavy (non-hydrogen) atoms. The van der Waals surface area contributed by atoms with Crippen molar-refractivity contribution in [2.45, 2.75) is 38.3 Å². The first-order valence-corrected chi connectivity index (χ1v) is 7.74. The Morgan fingerprint density at radius 3 is 2.86 bits per heavy atom. The first-order chi connectivity index (χ1) is 10.6. The highest BCUT2D eigenvalue weighted by molar-refractivity contribution is 5.87. The molecule has 3 rings (SSSR count). The molecule has 2 aromatic rings. The molecule has 0 fully saturated rings. The van der Waals surface area contributed by atoms with Crippen LogP contribution in [0.1, 0.15) is 46.8 Å². The summed E-state index contributed by atoms with van der Waals surface area (Å²) in [7, 11) is 0. The van der Waals surface area contributed by atoms with Crippen molar-refractivity contribution in [1.82, 2.24) is 5.32 Å². The van der Waals surface area contributed by atoms with Gasteiger partial charge >= 0.3 is 5.97 Å². The summed E-state index contributed by atoms with van der Waals surface area (Å²) in [6, 6.07) is 15.7. The van der Waals surface area contributed by atoms with Crippen LogP contribution in [0.5, 0.6) is 0 Å². The van der Waals surface area contributed by atoms with Crippen molar-refractivity contribution >= 4 is 5.97 Å². The van der Waals surface area contributed by atoms with E-state index in [1.165, 1.54) is 17.5 Å². The Morgan fingerprint density at radius 2 is 2.05 bits per heavy atom. The van der Waals surface area contributed by atoms with Gasteiger partial charge in [-0.05, 0) is 55.0 Å². The van der Waals surface area contributed by atoms with Crippen molar-refractivity contribution < 1.29 is 9.90 Å². The van der Waals surface area contributed by atoms with Crippen LogP contribution >= 0.6 is 0 Å². The maximum atomic E-state index is 11.1. The zero-order valence-corrected chi connectivity index (χ0v) is 12.8. The molecule has 1 unspecified atom stereocenters. The van der Waals surface area contributed by atoms with E-state index in [1.807, 2.05) is 6.07 Å². The van der Waals surface area contributed by atoms with Crippen molar-refractivity contribution in [2.24, 2.45) is 0 Å². The zero-order chi connectivity index (χ0) is 15.6. The van der Waals surface area contributed by atoms with Gasteiger partial charge in [-0.15, -0.1) is 0 Å². The Hall–Kier alpha value is -2.13. The lowest BCUT2D eigenvalue weighted by Crippen LogP contribution is -2.41. The fraction of sp³-hybridized carbons (Fsp3) is 0.316. The summed E-state index contributed by atoms with van der Waals surface area (Å²) >= 11 is 0. The van der Waals surface area contributed by atoms with Gasteiger partial charge in [0.25, 0.3) is 0 Å². The van der Waals surface area contributed by atoms with Gasteiger partial charge in [0, 0.05) is 12.1 Å². The van der Waals surface area contributed by atoms with Crippen LogP contribution in [0.4, 0.5) is 0 Å². The van der Waals surface area contributed by atoms with Crippen molar-refractivity contribution in [3.05, 3.63) is 70.8 Å². The van der Waals surface area contributed by atoms with E-state index in [9.17, 15) is 4.79 Å². The Labute approximate surface area is 131 Å². The average Bonchev–Trinajstić information content (AvgIpc) is 2.54. The maximum absolute atomic E-state index is 11.1. The molecule has 2 N–H and O–H groups in total. The van der Waals surface area contributed by atoms with Crippen LogP contribution in [0, 0.1) is 0 Å². The standard InChI is InChI=1S/C19H21NO2/c1-19(11-5-9-15-7-2-3-10-17(15)19)20-13-14-6-4-8-16(12-14)18(21)22/h2-4,6-8,10,12,20H,5,9,11,13H2,1H3,(H,21,22). The minimum Gasteiger partial charge on any atom is -0.478 e. The second kappa shape index (κ2) is 5.93. The van der Waals surface area contributed by atoms with Gasteiger partial charge in [0.2, 0.25) is 0 Å². The second-order valence-electron chi connectivity index (χ2n) is 6.20. The lowest BCUT2D eigenvalue weighted by Gasteiger charge is -2.37. The number of fused-ring (bicyclic) bond motifs is 1. The molecule has 1 aliphatic rings. The molecule has 1 atom stereocenters. The number of carboxylic acid groups (broad SMARTS) is 1. The predicted molar refractivity (Wildman–Crippen MR) is 87.0 cm³/mol. The lowest BCUT2D eigenvalue weighted by atomic mass is 9.77. The number of hydrogen-bond acceptors (Lipinski definition) is 2. The van der Waals surface area contributed by atoms with Gasteiger partial charge in [0.1, 0.15) is 0 Å². The Bertz CT molecular complexity index is 695. The molecule has 0 saturated heterocycles. The number of benzene rings is 2. The van der Waals surface area contributed by atoms with Gasteiger partial charge in [-0.2, -0.15) is 0 Å². The van der Waals surface area contributed by atoms with Crippen LogP contribution in [-0.4, -0.2) is 11.1 Å². The van der Waals surface area contributed by atoms with Gasteiger partial charge in [0.15, 0.2) is 0 Å². The van der Waals surface area contributed by atoms with Crippen LogP contribution in [0.2, 0.25) is 0 Å². The molecule has 2 aromatic carbocycles. The molecule has 0 saturated carbocycles. The SMILES string of the molecule is CC1(NCc2cccc(C(=O)O)c2)CCCc2ccccc21. The summed E-state index contributed by atoms with van der Waals surface area (Å²) in [4.78, 5) is 11.1. The van der Waals surface area contributed by atoms with Crippen LogP contribution in [0.15, 0.2) is 48.5 Å². The van der Waals surface area contributed by atoms with Gasteiger partial charge in [0.05, 0.1) is 5.56 Å². The first-order valence-electron chi connectivity index (χ1n) is 7.74. The molecule has 114 valence electrons. The highest BCUT2D eigenvalue weighted by Gasteiger charge is 2.30. The molecule has 3 nitrogen and oxygen atoms in total. The average molecular weight is 295 g/mol. The van der Waals surface area contributed by atoms with Crippen molar-refractivity contribution in [3.63, 3.8) is 0 Å². The summed E-state index contributed by atoms with van der Waals surface area (Å²) < 4.78 is 0. The molecule has 0 spiro atoms. The highest BCUT2D eigenvalue weighted by Crippen LogP contribution is 2.35. The Kier molecular flexibility index (Phi) is 3.99. The third-order valence-electron chi connectivity index (χ3n) is 4.59. The number of aryl methyl sites for hydroxylation is 1. The van der Waals surface area contributed by atoms with Crippen LogP contribution in [0.25, 0.3) is 0 Å². The largest absolute Gasteiger partial charge is 0.478 e. The lowest BCUT2D eigenvalue weighted by molar-refractivity contribution is 0.0696. The van der Waals surface area contributed by atoms with E-state index in [4.69, 9.17) is 5.11 Å². The minimum atomic E-state index is -0.879. The molecule has 3 heteroatoms. The van der Waals surface area contributed by atoms with Crippen LogP contribution in [-0.2, 0) is 18.5 Å². The topological polar surface area (TPSA) is 49.3 Å². The smallest absolute Gasteiger partial charge is 0.335 e. The van der Waals surface area contributed by atoms with E-state index in [2.05, 4.69) is 36.5 Å². The van der Waals surface area contributed by atoms with Gasteiger partial charge in [-0.1, -0.05) is 36.4 Å². The molecule has 1 aliphatic carbocycles. The number of rotatable bonds is 4. The number of hydrogen-bond donors (Lipinski definition) is 2. The predicted octanol–water partition coefficient (Wildman–Crippen LogP) is 3.73. The fourth-order valence-corrected chi connectivity index (χ4v) is 3.34. The molecule has 0 aliphatic heterocycles. The van der Waals surface area contributed by atoms with E-state index < -0.39 is 5.97 Å². The second-order valence-corrected chi connectivity index (χ2v) is 6.20. The number of nitrogens with one attached hydrogen (secondary N) is 1. The van der Waals surface area contributed by atoms with Crippen molar-refractivity contribution in [3.8, 4) is 0 Å². The summed E-state index contributed by atoms with van der Waals surface area (Å²) in [6.07, 6.45) is 3.42. The zero-order valence-electron chi connectivity index (χ0n) is 12.8. The minimum absolute atomic E-state index is 0.0475. The van der Waals surface area contributed by atoms with Crippen molar-refractivity contribution in [1.29, 1.82) is 0 Å². The van der Waals surface area contributed by atoms with Gasteiger partial charge in [-0.3, -0.25) is 0 Å². The first kappa shape index (κ1) is 14.8. The Balaban J connectivity index is 1.79. The molecule has 0 heterocycles. The number of carboxylic acids is 1. The normalized spacial score (nSPS) is 20.4. The molecule has 0 amide bonds. The monoisotopic (exact) mass is 295 g/mol. The van der Waals surface area contributed by atoms with Gasteiger partial charge in [-0.25, -0.2) is 4.79 Å². The third-order valence-corrected chi connectivity index (χ3v) is 4.59. The van der Waals surface area contributed by atoms with E-state index >= 15 is 0 Å². The summed E-state index contributed by atoms with van der Waals surface area (Å²) in [6.45, 7) is 2.91. The summed E-state index contributed by atoms with van der Waals surface area (Å²) in [5.74, 6) is -0.879. The fourth-order valence-electron chi connectivity index (χ4n) is 3.34. The summed E-state index contributed by atoms with van der Waals surface area (Å²) in [5.41, 5.74) is 4.09. The molecule has 0 aromatic heterocycles. The molecular weight excluding hydrogens is 274 g/mol. The Morgan fingerprint density at radius 1 is 1.23 bits per heavy atom. The molecule has 0 bridgehead atoms. The van der Waals surface area contributed by atoms with E-state index in [-0.39, 0.29) is 5.54 Å². The van der Waals surface area contributed by atoms with Crippen LogP contribution < -0.4 is 5.32 Å². The molecular formula is C19H21NO2. The third kappa shape index (κ3) is 2.90. The molecule has 0 radical (unpaired) electrons. The van der Waals surface area contributed by atoms with Crippen LogP contribution in [0.3, 0.4) is 0 Å².